The molecule has 1 rings (SSSR count). The van der Waals surface area contributed by atoms with Crippen LogP contribution in [0.4, 0.5) is 0 Å². The molecule has 0 radical (unpaired) electrons. The molecule has 0 aromatic carbocycles. The summed E-state index contributed by atoms with van der Waals surface area (Å²) in [6.07, 6.45) is 14.5. The number of hydrogen-bond donors (Lipinski definition) is 2. The van der Waals surface area contributed by atoms with Crippen molar-refractivity contribution >= 4 is 12.6 Å². The predicted molar refractivity (Wildman–Crippen MR) is 87.1 cm³/mol. The molecule has 1 aliphatic heterocycles. The molecule has 1 aliphatic rings. The first-order valence-electron chi connectivity index (χ1n) is 8.34. The molecule has 1 N–H and O–H groups in total. The zero-order valence-corrected chi connectivity index (χ0v) is 13.4. The molecule has 0 spiro atoms. The molecule has 1 heterocycles. The van der Waals surface area contributed by atoms with E-state index in [-0.39, 0.29) is 0 Å². The third-order valence-electron chi connectivity index (χ3n) is 4.30. The van der Waals surface area contributed by atoms with Crippen molar-refractivity contribution in [2.45, 2.75) is 76.7 Å². The first-order chi connectivity index (χ1) is 9.38. The molecule has 0 saturated carbocycles. The van der Waals surface area contributed by atoms with Gasteiger partial charge >= 0.3 is 0 Å². The average molecular weight is 288 g/mol. The van der Waals surface area contributed by atoms with Crippen molar-refractivity contribution < 1.29 is 5.11 Å². The highest BCUT2D eigenvalue weighted by Crippen LogP contribution is 2.21. The number of thiol groups is 1. The van der Waals surface area contributed by atoms with Crippen LogP contribution >= 0.6 is 12.6 Å². The molecule has 19 heavy (non-hydrogen) atoms. The van der Waals surface area contributed by atoms with Gasteiger partial charge in [0.15, 0.2) is 0 Å². The molecule has 114 valence electrons. The van der Waals surface area contributed by atoms with Crippen LogP contribution in [-0.4, -0.2) is 41.5 Å². The Morgan fingerprint density at radius 3 is 2.32 bits per heavy atom. The zero-order chi connectivity index (χ0) is 13.8. The average Bonchev–Trinajstić information content (AvgIpc) is 2.87. The van der Waals surface area contributed by atoms with Crippen molar-refractivity contribution in [1.29, 1.82) is 0 Å². The van der Waals surface area contributed by atoms with Gasteiger partial charge in [0, 0.05) is 12.6 Å². The summed E-state index contributed by atoms with van der Waals surface area (Å²) in [5.74, 6) is 1.05. The maximum Gasteiger partial charge on any atom is 0.0431 e. The van der Waals surface area contributed by atoms with Crippen molar-refractivity contribution in [3.05, 3.63) is 0 Å². The quantitative estimate of drug-likeness (QED) is 0.420. The lowest BCUT2D eigenvalue weighted by Crippen LogP contribution is -2.30. The Bertz CT molecular complexity index is 201. The Morgan fingerprint density at radius 1 is 0.947 bits per heavy atom. The largest absolute Gasteiger partial charge is 0.396 e. The number of rotatable bonds is 12. The Kier molecular flexibility index (Phi) is 11.0. The minimum Gasteiger partial charge on any atom is -0.396 e. The lowest BCUT2D eigenvalue weighted by Gasteiger charge is -2.24. The fraction of sp³-hybridized carbons (Fsp3) is 1.00. The van der Waals surface area contributed by atoms with Gasteiger partial charge in [-0.15, -0.1) is 0 Å². The first-order valence-corrected chi connectivity index (χ1v) is 8.97. The molecule has 2 nitrogen and oxygen atoms in total. The molecule has 0 aromatic heterocycles. The maximum atomic E-state index is 8.92. The molecule has 1 unspecified atom stereocenters. The van der Waals surface area contributed by atoms with E-state index >= 15 is 0 Å². The first kappa shape index (κ1) is 17.3. The number of hydrogen-bond acceptors (Lipinski definition) is 3. The van der Waals surface area contributed by atoms with E-state index in [1.807, 2.05) is 0 Å². The van der Waals surface area contributed by atoms with Gasteiger partial charge in [0.25, 0.3) is 0 Å². The van der Waals surface area contributed by atoms with Gasteiger partial charge in [-0.05, 0) is 57.4 Å². The van der Waals surface area contributed by atoms with Gasteiger partial charge in [0.1, 0.15) is 0 Å². The zero-order valence-electron chi connectivity index (χ0n) is 12.5. The van der Waals surface area contributed by atoms with Crippen molar-refractivity contribution in [1.82, 2.24) is 4.90 Å². The SMILES string of the molecule is OCCCC1CCCN1CCCCCCCCCS. The van der Waals surface area contributed by atoms with Crippen LogP contribution in [0.3, 0.4) is 0 Å². The van der Waals surface area contributed by atoms with Crippen molar-refractivity contribution in [3.8, 4) is 0 Å². The van der Waals surface area contributed by atoms with E-state index in [4.69, 9.17) is 5.11 Å². The van der Waals surface area contributed by atoms with E-state index < -0.39 is 0 Å². The molecule has 0 amide bonds. The monoisotopic (exact) mass is 287 g/mol. The molecule has 0 aliphatic carbocycles. The smallest absolute Gasteiger partial charge is 0.0431 e. The van der Waals surface area contributed by atoms with Gasteiger partial charge in [-0.3, -0.25) is 0 Å². The summed E-state index contributed by atoms with van der Waals surface area (Å²) < 4.78 is 0. The van der Waals surface area contributed by atoms with Gasteiger partial charge in [-0.25, -0.2) is 0 Å². The van der Waals surface area contributed by atoms with Crippen molar-refractivity contribution in [2.75, 3.05) is 25.4 Å². The number of aliphatic hydroxyl groups excluding tert-OH is 1. The second kappa shape index (κ2) is 12.0. The number of unbranched alkanes of at least 4 members (excludes halogenated alkanes) is 6. The molecular formula is C16H33NOS. The fourth-order valence-electron chi connectivity index (χ4n) is 3.15. The van der Waals surface area contributed by atoms with Crippen LogP contribution < -0.4 is 0 Å². The lowest BCUT2D eigenvalue weighted by molar-refractivity contribution is 0.213. The topological polar surface area (TPSA) is 23.5 Å². The normalized spacial score (nSPS) is 20.2. The van der Waals surface area contributed by atoms with Crippen LogP contribution in [0.5, 0.6) is 0 Å². The second-order valence-corrected chi connectivity index (χ2v) is 6.34. The summed E-state index contributed by atoms with van der Waals surface area (Å²) in [5.41, 5.74) is 0. The number of nitrogens with zero attached hydrogens (tertiary/aromatic N) is 1. The van der Waals surface area contributed by atoms with E-state index in [0.29, 0.717) is 6.61 Å². The Balaban J connectivity index is 1.93. The van der Waals surface area contributed by atoms with Gasteiger partial charge < -0.3 is 10.0 Å². The molecule has 0 bridgehead atoms. The second-order valence-electron chi connectivity index (χ2n) is 5.90. The van der Waals surface area contributed by atoms with Gasteiger partial charge in [0.05, 0.1) is 0 Å². The molecule has 1 atom stereocenters. The van der Waals surface area contributed by atoms with Crippen LogP contribution in [-0.2, 0) is 0 Å². The fourth-order valence-corrected chi connectivity index (χ4v) is 3.38. The molecular weight excluding hydrogens is 254 g/mol. The van der Waals surface area contributed by atoms with Gasteiger partial charge in [0.2, 0.25) is 0 Å². The number of aliphatic hydroxyl groups is 1. The molecule has 1 fully saturated rings. The van der Waals surface area contributed by atoms with E-state index in [1.165, 1.54) is 77.3 Å². The van der Waals surface area contributed by atoms with Crippen LogP contribution in [0, 0.1) is 0 Å². The predicted octanol–water partition coefficient (Wildman–Crippen LogP) is 3.88. The molecule has 3 heteroatoms. The minimum atomic E-state index is 0.358. The third kappa shape index (κ3) is 8.21. The van der Waals surface area contributed by atoms with E-state index in [1.54, 1.807) is 0 Å². The highest BCUT2D eigenvalue weighted by Gasteiger charge is 2.22. The lowest BCUT2D eigenvalue weighted by atomic mass is 10.1. The van der Waals surface area contributed by atoms with E-state index in [2.05, 4.69) is 17.5 Å². The molecule has 0 aromatic rings. The maximum absolute atomic E-state index is 8.92. The van der Waals surface area contributed by atoms with Gasteiger partial charge in [-0.1, -0.05) is 32.1 Å². The molecule has 1 saturated heterocycles. The Hall–Kier alpha value is 0.270. The van der Waals surface area contributed by atoms with Crippen LogP contribution in [0.1, 0.15) is 70.6 Å². The Labute approximate surface area is 125 Å². The standard InChI is InChI=1S/C16H33NOS/c18-14-9-11-16-10-8-13-17(16)12-6-4-2-1-3-5-7-15-19/h16,18-19H,1-15H2. The summed E-state index contributed by atoms with van der Waals surface area (Å²) in [6, 6.07) is 0.766. The van der Waals surface area contributed by atoms with E-state index in [0.717, 1.165) is 18.2 Å². The van der Waals surface area contributed by atoms with Crippen LogP contribution in [0.15, 0.2) is 0 Å². The van der Waals surface area contributed by atoms with Gasteiger partial charge in [-0.2, -0.15) is 12.6 Å². The highest BCUT2D eigenvalue weighted by molar-refractivity contribution is 7.80. The summed E-state index contributed by atoms with van der Waals surface area (Å²) >= 11 is 4.24. The summed E-state index contributed by atoms with van der Waals surface area (Å²) in [5, 5.41) is 8.92. The third-order valence-corrected chi connectivity index (χ3v) is 4.61. The van der Waals surface area contributed by atoms with E-state index in [9.17, 15) is 0 Å². The van der Waals surface area contributed by atoms with Crippen LogP contribution in [0.2, 0.25) is 0 Å². The highest BCUT2D eigenvalue weighted by atomic mass is 32.1. The summed E-state index contributed by atoms with van der Waals surface area (Å²) in [6.45, 7) is 2.93. The summed E-state index contributed by atoms with van der Waals surface area (Å²) in [4.78, 5) is 2.66. The van der Waals surface area contributed by atoms with Crippen molar-refractivity contribution in [3.63, 3.8) is 0 Å². The number of likely N-dealkylation sites (tertiary alicyclic amines) is 1. The minimum absolute atomic E-state index is 0.358. The summed E-state index contributed by atoms with van der Waals surface area (Å²) in [7, 11) is 0. The van der Waals surface area contributed by atoms with Crippen LogP contribution in [0.25, 0.3) is 0 Å². The Morgan fingerprint density at radius 2 is 1.63 bits per heavy atom. The van der Waals surface area contributed by atoms with Crippen molar-refractivity contribution in [2.24, 2.45) is 0 Å².